The molecular weight excluding hydrogens is 300 g/mol. The van der Waals surface area contributed by atoms with Gasteiger partial charge >= 0.3 is 0 Å². The first-order chi connectivity index (χ1) is 9.11. The second kappa shape index (κ2) is 5.73. The molecule has 2 nitrogen and oxygen atoms in total. The van der Waals surface area contributed by atoms with Crippen molar-refractivity contribution in [3.05, 3.63) is 69.7 Å². The highest BCUT2D eigenvalue weighted by Crippen LogP contribution is 2.25. The zero-order valence-electron chi connectivity index (χ0n) is 10.5. The smallest absolute Gasteiger partial charge is 0.102 e. The lowest BCUT2D eigenvalue weighted by Gasteiger charge is -2.08. The van der Waals surface area contributed by atoms with Crippen LogP contribution < -0.4 is 5.73 Å². The maximum absolute atomic E-state index is 9.35. The van der Waals surface area contributed by atoms with E-state index in [0.717, 1.165) is 21.2 Å². The first kappa shape index (κ1) is 13.4. The van der Waals surface area contributed by atoms with Crippen LogP contribution in [0.25, 0.3) is 11.3 Å². The van der Waals surface area contributed by atoms with Crippen molar-refractivity contribution >= 4 is 27.2 Å². The average molecular weight is 313 g/mol. The number of nitrogens with two attached hydrogens (primary N) is 1. The summed E-state index contributed by atoms with van der Waals surface area (Å²) in [5, 5.41) is 9.35. The number of halogens is 1. The van der Waals surface area contributed by atoms with Crippen molar-refractivity contribution in [2.24, 2.45) is 5.73 Å². The van der Waals surface area contributed by atoms with Crippen LogP contribution in [0.4, 0.5) is 0 Å². The summed E-state index contributed by atoms with van der Waals surface area (Å²) in [5.41, 5.74) is 9.93. The molecule has 0 aliphatic rings. The van der Waals surface area contributed by atoms with Gasteiger partial charge in [-0.2, -0.15) is 5.26 Å². The van der Waals surface area contributed by atoms with Gasteiger partial charge in [0.2, 0.25) is 0 Å². The van der Waals surface area contributed by atoms with Crippen LogP contribution in [0.3, 0.4) is 0 Å². The number of nitriles is 1. The molecule has 19 heavy (non-hydrogen) atoms. The summed E-state index contributed by atoms with van der Waals surface area (Å²) in [6.45, 7) is 2.00. The normalized spacial score (nSPS) is 11.6. The minimum Gasteiger partial charge on any atom is -0.397 e. The molecule has 2 aromatic carbocycles. The molecule has 0 spiro atoms. The zero-order valence-corrected chi connectivity index (χ0v) is 12.1. The number of hydrogen-bond acceptors (Lipinski definition) is 2. The lowest BCUT2D eigenvalue weighted by atomic mass is 10.00. The van der Waals surface area contributed by atoms with E-state index < -0.39 is 0 Å². The predicted octanol–water partition coefficient (Wildman–Crippen LogP) is 4.11. The van der Waals surface area contributed by atoms with Crippen LogP contribution >= 0.6 is 15.9 Å². The van der Waals surface area contributed by atoms with E-state index in [4.69, 9.17) is 5.73 Å². The summed E-state index contributed by atoms with van der Waals surface area (Å²) in [5.74, 6) is 0. The molecule has 0 aliphatic heterocycles. The van der Waals surface area contributed by atoms with Gasteiger partial charge in [-0.1, -0.05) is 46.3 Å². The van der Waals surface area contributed by atoms with Gasteiger partial charge in [-0.15, -0.1) is 0 Å². The fourth-order valence-electron chi connectivity index (χ4n) is 1.92. The molecule has 2 rings (SSSR count). The molecule has 0 unspecified atom stereocenters. The third kappa shape index (κ3) is 3.04. The molecule has 0 aromatic heterocycles. The van der Waals surface area contributed by atoms with Gasteiger partial charge in [0, 0.05) is 10.0 Å². The molecule has 0 radical (unpaired) electrons. The number of aryl methyl sites for hydroxylation is 1. The van der Waals surface area contributed by atoms with Crippen molar-refractivity contribution in [3.8, 4) is 6.07 Å². The van der Waals surface area contributed by atoms with Crippen molar-refractivity contribution in [3.63, 3.8) is 0 Å². The SMILES string of the molecule is Cc1cc(Br)cc(/C(N)=C(/C#N)c2ccccc2)c1. The van der Waals surface area contributed by atoms with Gasteiger partial charge in [-0.25, -0.2) is 0 Å². The number of benzene rings is 2. The van der Waals surface area contributed by atoms with Crippen LogP contribution in [-0.2, 0) is 0 Å². The lowest BCUT2D eigenvalue weighted by Crippen LogP contribution is -2.01. The molecule has 0 saturated heterocycles. The molecule has 94 valence electrons. The molecule has 0 saturated carbocycles. The molecule has 2 N–H and O–H groups in total. The molecule has 0 aliphatic carbocycles. The topological polar surface area (TPSA) is 49.8 Å². The van der Waals surface area contributed by atoms with Crippen molar-refractivity contribution in [1.82, 2.24) is 0 Å². The Morgan fingerprint density at radius 3 is 2.37 bits per heavy atom. The molecule has 0 bridgehead atoms. The maximum atomic E-state index is 9.35. The largest absolute Gasteiger partial charge is 0.397 e. The fraction of sp³-hybridized carbons (Fsp3) is 0.0625. The summed E-state index contributed by atoms with van der Waals surface area (Å²) in [7, 11) is 0. The monoisotopic (exact) mass is 312 g/mol. The van der Waals surface area contributed by atoms with Gasteiger partial charge < -0.3 is 5.73 Å². The van der Waals surface area contributed by atoms with E-state index in [1.54, 1.807) is 0 Å². The zero-order chi connectivity index (χ0) is 13.8. The van der Waals surface area contributed by atoms with E-state index in [9.17, 15) is 5.26 Å². The molecule has 0 amide bonds. The first-order valence-corrected chi connectivity index (χ1v) is 6.64. The standard InChI is InChI=1S/C16H13BrN2/c1-11-7-13(9-14(17)8-11)16(19)15(10-18)12-5-3-2-4-6-12/h2-9H,19H2,1H3/b16-15+. The Morgan fingerprint density at radius 1 is 1.11 bits per heavy atom. The summed E-state index contributed by atoms with van der Waals surface area (Å²) in [6.07, 6.45) is 0. The van der Waals surface area contributed by atoms with Crippen LogP contribution in [0, 0.1) is 18.3 Å². The summed E-state index contributed by atoms with van der Waals surface area (Å²) in [6, 6.07) is 17.6. The van der Waals surface area contributed by atoms with E-state index in [2.05, 4.69) is 22.0 Å². The Balaban J connectivity index is 2.59. The molecule has 3 heteroatoms. The Labute approximate surface area is 121 Å². The summed E-state index contributed by atoms with van der Waals surface area (Å²) >= 11 is 3.45. The number of nitrogens with zero attached hydrogens (tertiary/aromatic N) is 1. The van der Waals surface area contributed by atoms with E-state index in [1.807, 2.05) is 55.5 Å². The lowest BCUT2D eigenvalue weighted by molar-refractivity contribution is 1.40. The number of allylic oxidation sites excluding steroid dienone is 1. The van der Waals surface area contributed by atoms with Gasteiger partial charge in [-0.3, -0.25) is 0 Å². The van der Waals surface area contributed by atoms with Crippen molar-refractivity contribution in [2.45, 2.75) is 6.92 Å². The minimum atomic E-state index is 0.498. The molecular formula is C16H13BrN2. The van der Waals surface area contributed by atoms with Crippen LogP contribution in [0.1, 0.15) is 16.7 Å². The average Bonchev–Trinajstić information content (AvgIpc) is 2.39. The van der Waals surface area contributed by atoms with Crippen molar-refractivity contribution in [1.29, 1.82) is 5.26 Å². The Bertz CT molecular complexity index is 647. The van der Waals surface area contributed by atoms with E-state index >= 15 is 0 Å². The Morgan fingerprint density at radius 2 is 1.79 bits per heavy atom. The van der Waals surface area contributed by atoms with Gasteiger partial charge in [0.15, 0.2) is 0 Å². The quantitative estimate of drug-likeness (QED) is 0.670. The van der Waals surface area contributed by atoms with E-state index in [-0.39, 0.29) is 0 Å². The predicted molar refractivity (Wildman–Crippen MR) is 81.9 cm³/mol. The number of hydrogen-bond donors (Lipinski definition) is 1. The van der Waals surface area contributed by atoms with Crippen LogP contribution in [0.15, 0.2) is 53.0 Å². The second-order valence-electron chi connectivity index (χ2n) is 4.28. The number of rotatable bonds is 2. The summed E-state index contributed by atoms with van der Waals surface area (Å²) in [4.78, 5) is 0. The highest BCUT2D eigenvalue weighted by atomic mass is 79.9. The van der Waals surface area contributed by atoms with Crippen molar-refractivity contribution < 1.29 is 0 Å². The molecule has 0 fully saturated rings. The highest BCUT2D eigenvalue weighted by molar-refractivity contribution is 9.10. The Kier molecular flexibility index (Phi) is 4.03. The minimum absolute atomic E-state index is 0.498. The first-order valence-electron chi connectivity index (χ1n) is 5.84. The maximum Gasteiger partial charge on any atom is 0.102 e. The molecule has 0 heterocycles. The van der Waals surface area contributed by atoms with Gasteiger partial charge in [0.1, 0.15) is 6.07 Å². The third-order valence-corrected chi connectivity index (χ3v) is 3.25. The summed E-state index contributed by atoms with van der Waals surface area (Å²) < 4.78 is 0.954. The van der Waals surface area contributed by atoms with Gasteiger partial charge in [-0.05, 0) is 36.2 Å². The second-order valence-corrected chi connectivity index (χ2v) is 5.20. The fourth-order valence-corrected chi connectivity index (χ4v) is 2.53. The van der Waals surface area contributed by atoms with Gasteiger partial charge in [0.25, 0.3) is 0 Å². The Hall–Kier alpha value is -2.05. The highest BCUT2D eigenvalue weighted by Gasteiger charge is 2.09. The van der Waals surface area contributed by atoms with E-state index in [0.29, 0.717) is 11.3 Å². The van der Waals surface area contributed by atoms with Crippen molar-refractivity contribution in [2.75, 3.05) is 0 Å². The van der Waals surface area contributed by atoms with Crippen LogP contribution in [-0.4, -0.2) is 0 Å². The third-order valence-electron chi connectivity index (χ3n) is 2.80. The van der Waals surface area contributed by atoms with Gasteiger partial charge in [0.05, 0.1) is 11.3 Å². The molecule has 0 atom stereocenters. The van der Waals surface area contributed by atoms with Crippen LogP contribution in [0.5, 0.6) is 0 Å². The molecule has 2 aromatic rings. The van der Waals surface area contributed by atoms with E-state index in [1.165, 1.54) is 0 Å². The van der Waals surface area contributed by atoms with Crippen LogP contribution in [0.2, 0.25) is 0 Å².